The van der Waals surface area contributed by atoms with Crippen molar-refractivity contribution < 1.29 is 4.79 Å². The molecule has 0 radical (unpaired) electrons. The van der Waals surface area contributed by atoms with E-state index in [0.29, 0.717) is 31.1 Å². The lowest BCUT2D eigenvalue weighted by molar-refractivity contribution is 0.145. The Balaban J connectivity index is 1.37. The first-order chi connectivity index (χ1) is 15.9. The van der Waals surface area contributed by atoms with Gasteiger partial charge in [0.2, 0.25) is 0 Å². The summed E-state index contributed by atoms with van der Waals surface area (Å²) >= 11 is 0. The Hall–Kier alpha value is -2.75. The van der Waals surface area contributed by atoms with Gasteiger partial charge in [0.25, 0.3) is 0 Å². The van der Waals surface area contributed by atoms with Gasteiger partial charge in [0.05, 0.1) is 5.69 Å². The van der Waals surface area contributed by atoms with Crippen LogP contribution in [0.1, 0.15) is 31.7 Å². The molecule has 2 fully saturated rings. The van der Waals surface area contributed by atoms with E-state index in [4.69, 9.17) is 5.73 Å². The Morgan fingerprint density at radius 1 is 1.21 bits per heavy atom. The summed E-state index contributed by atoms with van der Waals surface area (Å²) in [6, 6.07) is 10.3. The molecule has 178 valence electrons. The number of piperazine rings is 1. The molecule has 1 unspecified atom stereocenters. The van der Waals surface area contributed by atoms with Crippen LogP contribution in [-0.2, 0) is 6.54 Å². The van der Waals surface area contributed by atoms with Crippen LogP contribution in [0.2, 0.25) is 0 Å². The largest absolute Gasteiger partial charge is 0.354 e. The molecule has 1 saturated carbocycles. The highest BCUT2D eigenvalue weighted by Gasteiger charge is 2.27. The fourth-order valence-electron chi connectivity index (χ4n) is 4.70. The minimum Gasteiger partial charge on any atom is -0.327 e. The van der Waals surface area contributed by atoms with Gasteiger partial charge in [-0.1, -0.05) is 19.1 Å². The summed E-state index contributed by atoms with van der Waals surface area (Å²) in [5, 5.41) is 5.92. The third-order valence-electron chi connectivity index (χ3n) is 6.92. The normalized spacial score (nSPS) is 23.5. The molecule has 9 nitrogen and oxygen atoms in total. The summed E-state index contributed by atoms with van der Waals surface area (Å²) in [4.78, 5) is 33.1. The number of carbonyl (C=O) groups excluding carboxylic acids is 1. The van der Waals surface area contributed by atoms with Gasteiger partial charge in [0.15, 0.2) is 0 Å². The van der Waals surface area contributed by atoms with Crippen molar-refractivity contribution in [2.45, 2.75) is 44.8 Å². The highest BCUT2D eigenvalue weighted by atomic mass is 16.2. The Morgan fingerprint density at radius 3 is 2.61 bits per heavy atom. The lowest BCUT2D eigenvalue weighted by Gasteiger charge is -2.37. The zero-order valence-electron chi connectivity index (χ0n) is 19.5. The zero-order chi connectivity index (χ0) is 23.4. The summed E-state index contributed by atoms with van der Waals surface area (Å²) in [5.74, 6) is 0.817. The van der Waals surface area contributed by atoms with Crippen LogP contribution in [0.15, 0.2) is 41.3 Å². The number of anilines is 1. The van der Waals surface area contributed by atoms with Gasteiger partial charge >= 0.3 is 11.7 Å². The number of benzene rings is 1. The number of hydrogen-bond acceptors (Lipinski definition) is 6. The van der Waals surface area contributed by atoms with E-state index in [1.807, 2.05) is 12.1 Å². The second-order valence-electron chi connectivity index (χ2n) is 9.32. The van der Waals surface area contributed by atoms with Crippen LogP contribution in [0.25, 0.3) is 5.69 Å². The second kappa shape index (κ2) is 10.5. The molecule has 1 aliphatic carbocycles. The number of carbonyl (C=O) groups is 1. The smallest absolute Gasteiger partial charge is 0.327 e. The van der Waals surface area contributed by atoms with E-state index >= 15 is 0 Å². The summed E-state index contributed by atoms with van der Waals surface area (Å²) in [5.41, 5.74) is 7.69. The number of urea groups is 1. The maximum absolute atomic E-state index is 12.6. The van der Waals surface area contributed by atoms with Gasteiger partial charge < -0.3 is 16.0 Å². The first kappa shape index (κ1) is 23.4. The monoisotopic (exact) mass is 453 g/mol. The predicted molar refractivity (Wildman–Crippen MR) is 130 cm³/mol. The summed E-state index contributed by atoms with van der Waals surface area (Å²) < 4.78 is 1.48. The summed E-state index contributed by atoms with van der Waals surface area (Å²) in [6.07, 6.45) is 5.00. The van der Waals surface area contributed by atoms with Gasteiger partial charge in [0.1, 0.15) is 5.82 Å². The lowest BCUT2D eigenvalue weighted by Crippen LogP contribution is -2.48. The third kappa shape index (κ3) is 5.79. The standard InChI is InChI=1S/C24H35N7O2/c1-17-15-20(7-8-21(17)25)29(2)16-18-3-5-19(6-4-18)31-12-9-22(28-24(31)33)27-23(32)30-13-10-26-11-14-30/h3-6,9,12,17,20-21,26H,7-8,10-11,13-16,25H2,1-2H3,(H,27,28,32,33)/t17?,20-,21-/m0/s1. The van der Waals surface area contributed by atoms with E-state index in [1.165, 1.54) is 10.1 Å². The molecule has 1 aromatic carbocycles. The number of nitrogens with zero attached hydrogens (tertiary/aromatic N) is 4. The molecule has 0 bridgehead atoms. The number of amides is 2. The van der Waals surface area contributed by atoms with Crippen LogP contribution in [0.4, 0.5) is 10.6 Å². The molecule has 1 aliphatic heterocycles. The number of aromatic nitrogens is 2. The maximum atomic E-state index is 12.6. The molecule has 1 saturated heterocycles. The van der Waals surface area contributed by atoms with Gasteiger partial charge in [-0.15, -0.1) is 0 Å². The van der Waals surface area contributed by atoms with E-state index in [9.17, 15) is 9.59 Å². The van der Waals surface area contributed by atoms with E-state index in [-0.39, 0.29) is 11.8 Å². The van der Waals surface area contributed by atoms with Crippen LogP contribution in [0.5, 0.6) is 0 Å². The van der Waals surface area contributed by atoms with Crippen molar-refractivity contribution in [2.75, 3.05) is 38.5 Å². The average Bonchev–Trinajstić information content (AvgIpc) is 2.82. The third-order valence-corrected chi connectivity index (χ3v) is 6.92. The molecule has 4 N–H and O–H groups in total. The van der Waals surface area contributed by atoms with E-state index in [2.05, 4.69) is 46.6 Å². The first-order valence-corrected chi connectivity index (χ1v) is 11.8. The molecule has 2 heterocycles. The van der Waals surface area contributed by atoms with Gasteiger partial charge in [0, 0.05) is 51.0 Å². The molecule has 0 spiro atoms. The van der Waals surface area contributed by atoms with Gasteiger partial charge in [-0.2, -0.15) is 4.98 Å². The Kier molecular flexibility index (Phi) is 7.42. The van der Waals surface area contributed by atoms with Gasteiger partial charge in [-0.25, -0.2) is 9.59 Å². The molecular formula is C24H35N7O2. The topological polar surface area (TPSA) is 109 Å². The average molecular weight is 454 g/mol. The minimum atomic E-state index is -0.425. The highest BCUT2D eigenvalue weighted by Crippen LogP contribution is 2.27. The quantitative estimate of drug-likeness (QED) is 0.635. The highest BCUT2D eigenvalue weighted by molar-refractivity contribution is 5.88. The first-order valence-electron chi connectivity index (χ1n) is 11.8. The summed E-state index contributed by atoms with van der Waals surface area (Å²) in [6.45, 7) is 5.91. The van der Waals surface area contributed by atoms with Crippen molar-refractivity contribution in [3.8, 4) is 5.69 Å². The molecule has 2 amide bonds. The van der Waals surface area contributed by atoms with Crippen molar-refractivity contribution in [3.63, 3.8) is 0 Å². The van der Waals surface area contributed by atoms with E-state index < -0.39 is 5.69 Å². The zero-order valence-corrected chi connectivity index (χ0v) is 19.5. The molecule has 9 heteroatoms. The second-order valence-corrected chi connectivity index (χ2v) is 9.32. The van der Waals surface area contributed by atoms with Crippen LogP contribution >= 0.6 is 0 Å². The number of nitrogens with one attached hydrogen (secondary N) is 2. The lowest BCUT2D eigenvalue weighted by atomic mass is 9.82. The molecule has 1 aromatic heterocycles. The Morgan fingerprint density at radius 2 is 1.94 bits per heavy atom. The molecule has 3 atom stereocenters. The number of nitrogens with two attached hydrogens (primary N) is 1. The SMILES string of the molecule is CC1C[C@@H](N(C)Cc2ccc(-n3ccc(NC(=O)N4CCNCC4)nc3=O)cc2)CC[C@@H]1N. The molecular weight excluding hydrogens is 418 g/mol. The predicted octanol–water partition coefficient (Wildman–Crippen LogP) is 1.62. The van der Waals surface area contributed by atoms with Crippen molar-refractivity contribution in [1.29, 1.82) is 0 Å². The minimum absolute atomic E-state index is 0.232. The Bertz CT molecular complexity index is 1000. The van der Waals surface area contributed by atoms with Crippen molar-refractivity contribution >= 4 is 11.8 Å². The van der Waals surface area contributed by atoms with Crippen molar-refractivity contribution in [2.24, 2.45) is 11.7 Å². The van der Waals surface area contributed by atoms with Crippen LogP contribution in [-0.4, -0.2) is 70.7 Å². The van der Waals surface area contributed by atoms with Crippen molar-refractivity contribution in [3.05, 3.63) is 52.6 Å². The fourth-order valence-corrected chi connectivity index (χ4v) is 4.70. The van der Waals surface area contributed by atoms with Crippen LogP contribution in [0, 0.1) is 5.92 Å². The van der Waals surface area contributed by atoms with E-state index in [1.54, 1.807) is 17.2 Å². The molecule has 2 aromatic rings. The van der Waals surface area contributed by atoms with Gasteiger partial charge in [-0.3, -0.25) is 14.8 Å². The summed E-state index contributed by atoms with van der Waals surface area (Å²) in [7, 11) is 2.17. The molecule has 4 rings (SSSR count). The van der Waals surface area contributed by atoms with E-state index in [0.717, 1.165) is 44.6 Å². The molecule has 33 heavy (non-hydrogen) atoms. The number of rotatable bonds is 5. The number of hydrogen-bond donors (Lipinski definition) is 3. The van der Waals surface area contributed by atoms with Crippen molar-refractivity contribution in [1.82, 2.24) is 24.7 Å². The van der Waals surface area contributed by atoms with Crippen LogP contribution in [0.3, 0.4) is 0 Å². The molecule has 2 aliphatic rings. The van der Waals surface area contributed by atoms with Gasteiger partial charge in [-0.05, 0) is 56.0 Å². The fraction of sp³-hybridized carbons (Fsp3) is 0.542. The maximum Gasteiger partial charge on any atom is 0.354 e. The van der Waals surface area contributed by atoms with Crippen LogP contribution < -0.4 is 22.1 Å². The Labute approximate surface area is 195 Å².